The van der Waals surface area contributed by atoms with Crippen molar-refractivity contribution in [1.82, 2.24) is 15.1 Å². The van der Waals surface area contributed by atoms with E-state index in [1.807, 2.05) is 72.9 Å². The summed E-state index contributed by atoms with van der Waals surface area (Å²) in [6.45, 7) is 2.01. The van der Waals surface area contributed by atoms with Crippen LogP contribution in [-0.4, -0.2) is 54.2 Å². The molecule has 40 heavy (non-hydrogen) atoms. The van der Waals surface area contributed by atoms with Crippen LogP contribution >= 0.6 is 0 Å². The lowest BCUT2D eigenvalue weighted by molar-refractivity contribution is 0.0780. The van der Waals surface area contributed by atoms with Gasteiger partial charge in [-0.1, -0.05) is 73.7 Å². The molecule has 0 spiro atoms. The molecule has 9 heteroatoms. The Morgan fingerprint density at radius 2 is 1.65 bits per heavy atom. The van der Waals surface area contributed by atoms with Gasteiger partial charge in [-0.05, 0) is 48.2 Å². The number of hydrogen-bond acceptors (Lipinski definition) is 5. The second-order valence-corrected chi connectivity index (χ2v) is 12.0. The quantitative estimate of drug-likeness (QED) is 0.257. The zero-order chi connectivity index (χ0) is 28.5. The molecule has 3 aromatic carbocycles. The van der Waals surface area contributed by atoms with Gasteiger partial charge in [-0.25, -0.2) is 8.42 Å². The Bertz CT molecular complexity index is 1490. The highest BCUT2D eigenvalue weighted by atomic mass is 32.2. The number of sulfonamides is 1. The molecule has 0 fully saturated rings. The monoisotopic (exact) mass is 560 g/mol. The maximum absolute atomic E-state index is 13.3. The molecule has 4 aromatic rings. The van der Waals surface area contributed by atoms with Crippen LogP contribution in [0.1, 0.15) is 40.5 Å². The van der Waals surface area contributed by atoms with Crippen LogP contribution < -0.4 is 9.62 Å². The number of nitrogens with one attached hydrogen (secondary N) is 1. The highest BCUT2D eigenvalue weighted by Gasteiger charge is 2.24. The van der Waals surface area contributed by atoms with E-state index in [1.54, 1.807) is 35.9 Å². The van der Waals surface area contributed by atoms with Crippen LogP contribution in [0, 0.1) is 0 Å². The summed E-state index contributed by atoms with van der Waals surface area (Å²) < 4.78 is 28.0. The van der Waals surface area contributed by atoms with Crippen molar-refractivity contribution < 1.29 is 18.3 Å². The summed E-state index contributed by atoms with van der Waals surface area (Å²) in [6.07, 6.45) is 2.50. The summed E-state index contributed by atoms with van der Waals surface area (Å²) in [7, 11) is -2.00. The standard InChI is InChI=1S/C31H36N4O4S/c1-3-19-40(38,39)34(2)28-16-10-15-26(22-28)31(37)32-29(21-25-13-8-5-9-14-25)30(36)23-35-18-17-27(33-35)20-24-11-6-4-7-12-24/h4-18,22,29-30,36H,3,19-21,23H2,1-2H3,(H,32,37). The first-order valence-corrected chi connectivity index (χ1v) is 15.0. The van der Waals surface area contributed by atoms with Gasteiger partial charge in [0.2, 0.25) is 10.0 Å². The second-order valence-electron chi connectivity index (χ2n) is 9.86. The van der Waals surface area contributed by atoms with Gasteiger partial charge in [0.05, 0.1) is 35.8 Å². The molecule has 1 heterocycles. The van der Waals surface area contributed by atoms with Gasteiger partial charge < -0.3 is 10.4 Å². The number of nitrogens with zero attached hydrogens (tertiary/aromatic N) is 3. The molecule has 0 radical (unpaired) electrons. The molecule has 8 nitrogen and oxygen atoms in total. The smallest absolute Gasteiger partial charge is 0.251 e. The highest BCUT2D eigenvalue weighted by molar-refractivity contribution is 7.92. The number of anilines is 1. The number of aliphatic hydroxyl groups is 1. The van der Waals surface area contributed by atoms with Gasteiger partial charge in [-0.3, -0.25) is 13.8 Å². The molecule has 2 N–H and O–H groups in total. The van der Waals surface area contributed by atoms with E-state index >= 15 is 0 Å². The van der Waals surface area contributed by atoms with Crippen LogP contribution in [0.15, 0.2) is 97.2 Å². The fourth-order valence-electron chi connectivity index (χ4n) is 4.53. The number of benzene rings is 3. The fraction of sp³-hybridized carbons (Fsp3) is 0.290. The minimum atomic E-state index is -3.48. The number of carbonyl (C=O) groups is 1. The van der Waals surface area contributed by atoms with Gasteiger partial charge in [0.25, 0.3) is 5.91 Å². The summed E-state index contributed by atoms with van der Waals surface area (Å²) in [5.74, 6) is -0.375. The van der Waals surface area contributed by atoms with Gasteiger partial charge in [-0.2, -0.15) is 5.10 Å². The highest BCUT2D eigenvalue weighted by Crippen LogP contribution is 2.19. The lowest BCUT2D eigenvalue weighted by atomic mass is 10.0. The average Bonchev–Trinajstić information content (AvgIpc) is 3.39. The summed E-state index contributed by atoms with van der Waals surface area (Å²) in [6, 6.07) is 27.5. The van der Waals surface area contributed by atoms with E-state index in [-0.39, 0.29) is 12.3 Å². The van der Waals surface area contributed by atoms with Crippen molar-refractivity contribution in [2.24, 2.45) is 0 Å². The molecule has 0 bridgehead atoms. The average molecular weight is 561 g/mol. The van der Waals surface area contributed by atoms with Gasteiger partial charge in [0.15, 0.2) is 0 Å². The van der Waals surface area contributed by atoms with E-state index in [2.05, 4.69) is 10.4 Å². The first-order chi connectivity index (χ1) is 19.2. The fourth-order valence-corrected chi connectivity index (χ4v) is 5.75. The van der Waals surface area contributed by atoms with Crippen molar-refractivity contribution in [2.75, 3.05) is 17.1 Å². The second kappa shape index (κ2) is 13.4. The Kier molecular flexibility index (Phi) is 9.74. The summed E-state index contributed by atoms with van der Waals surface area (Å²) >= 11 is 0. The number of carbonyl (C=O) groups excluding carboxylic acids is 1. The van der Waals surface area contributed by atoms with Crippen LogP contribution in [-0.2, 0) is 29.4 Å². The zero-order valence-electron chi connectivity index (χ0n) is 22.8. The minimum absolute atomic E-state index is 0.0196. The molecule has 2 unspecified atom stereocenters. The van der Waals surface area contributed by atoms with Crippen molar-refractivity contribution in [3.63, 3.8) is 0 Å². The molecular formula is C31H36N4O4S. The minimum Gasteiger partial charge on any atom is -0.389 e. The molecule has 0 saturated heterocycles. The van der Waals surface area contributed by atoms with E-state index in [9.17, 15) is 18.3 Å². The molecular weight excluding hydrogens is 524 g/mol. The van der Waals surface area contributed by atoms with E-state index in [0.717, 1.165) is 16.8 Å². The van der Waals surface area contributed by atoms with E-state index in [4.69, 9.17) is 0 Å². The van der Waals surface area contributed by atoms with Gasteiger partial charge in [-0.15, -0.1) is 0 Å². The van der Waals surface area contributed by atoms with Crippen molar-refractivity contribution in [3.8, 4) is 0 Å². The number of aromatic nitrogens is 2. The Hall–Kier alpha value is -3.95. The normalized spacial score (nSPS) is 13.0. The Balaban J connectivity index is 1.50. The maximum Gasteiger partial charge on any atom is 0.251 e. The maximum atomic E-state index is 13.3. The number of amides is 1. The molecule has 2 atom stereocenters. The predicted octanol–water partition coefficient (Wildman–Crippen LogP) is 4.05. The van der Waals surface area contributed by atoms with Crippen LogP contribution in [0.2, 0.25) is 0 Å². The summed E-state index contributed by atoms with van der Waals surface area (Å²) in [5, 5.41) is 18.9. The van der Waals surface area contributed by atoms with Crippen LogP contribution in [0.4, 0.5) is 5.69 Å². The molecule has 0 saturated carbocycles. The van der Waals surface area contributed by atoms with Crippen LogP contribution in [0.25, 0.3) is 0 Å². The molecule has 1 amide bonds. The first kappa shape index (κ1) is 29.0. The van der Waals surface area contributed by atoms with E-state index < -0.39 is 28.1 Å². The molecule has 210 valence electrons. The molecule has 0 aliphatic rings. The van der Waals surface area contributed by atoms with Crippen molar-refractivity contribution >= 4 is 21.6 Å². The van der Waals surface area contributed by atoms with E-state index in [0.29, 0.717) is 30.5 Å². The number of hydrogen-bond donors (Lipinski definition) is 2. The third-order valence-electron chi connectivity index (χ3n) is 6.73. The lowest BCUT2D eigenvalue weighted by Gasteiger charge is -2.25. The SMILES string of the molecule is CCCS(=O)(=O)N(C)c1cccc(C(=O)NC(Cc2ccccc2)C(O)Cn2ccc(Cc3ccccc3)n2)c1. The largest absolute Gasteiger partial charge is 0.389 e. The summed E-state index contributed by atoms with van der Waals surface area (Å²) in [5.41, 5.74) is 3.73. The van der Waals surface area contributed by atoms with Crippen molar-refractivity contribution in [1.29, 1.82) is 0 Å². The van der Waals surface area contributed by atoms with Gasteiger partial charge in [0, 0.05) is 25.2 Å². The predicted molar refractivity (Wildman–Crippen MR) is 158 cm³/mol. The zero-order valence-corrected chi connectivity index (χ0v) is 23.7. The molecule has 1 aromatic heterocycles. The van der Waals surface area contributed by atoms with Crippen LogP contribution in [0.5, 0.6) is 0 Å². The topological polar surface area (TPSA) is 105 Å². The molecule has 4 rings (SSSR count). The third kappa shape index (κ3) is 7.80. The van der Waals surface area contributed by atoms with Gasteiger partial charge in [0.1, 0.15) is 0 Å². The first-order valence-electron chi connectivity index (χ1n) is 13.4. The Morgan fingerprint density at radius 3 is 2.33 bits per heavy atom. The summed E-state index contributed by atoms with van der Waals surface area (Å²) in [4.78, 5) is 13.3. The molecule has 0 aliphatic heterocycles. The Labute approximate surface area is 236 Å². The lowest BCUT2D eigenvalue weighted by Crippen LogP contribution is -2.46. The number of aliphatic hydroxyl groups excluding tert-OH is 1. The molecule has 0 aliphatic carbocycles. The van der Waals surface area contributed by atoms with Crippen LogP contribution in [0.3, 0.4) is 0 Å². The Morgan fingerprint density at radius 1 is 0.975 bits per heavy atom. The van der Waals surface area contributed by atoms with E-state index in [1.165, 1.54) is 11.4 Å². The van der Waals surface area contributed by atoms with Crippen molar-refractivity contribution in [2.45, 2.75) is 44.9 Å². The van der Waals surface area contributed by atoms with Gasteiger partial charge >= 0.3 is 0 Å². The van der Waals surface area contributed by atoms with Crippen molar-refractivity contribution in [3.05, 3.63) is 120 Å². The number of rotatable bonds is 13. The third-order valence-corrected chi connectivity index (χ3v) is 8.70.